The van der Waals surface area contributed by atoms with Crippen LogP contribution in [0.25, 0.3) is 32.7 Å². The number of hydrogen-bond acceptors (Lipinski definition) is 4. The maximum atomic E-state index is 8.81. The molecule has 0 bridgehead atoms. The van der Waals surface area contributed by atoms with Crippen molar-refractivity contribution in [2.75, 3.05) is 14.2 Å². The molecule has 0 aliphatic carbocycles. The molecule has 0 aromatic heterocycles. The maximum Gasteiger partial charge on any atom is 0.488 e. The average molecular weight is 603 g/mol. The molecule has 0 saturated carbocycles. The Morgan fingerprint density at radius 2 is 1.07 bits per heavy atom. The fourth-order valence-electron chi connectivity index (χ4n) is 3.85. The van der Waals surface area contributed by atoms with Crippen LogP contribution >= 0.6 is 15.9 Å². The van der Waals surface area contributed by atoms with Crippen LogP contribution in [0.15, 0.2) is 138 Å². The second kappa shape index (κ2) is 14.3. The molecule has 0 spiro atoms. The molecule has 2 N–H and O–H groups in total. The van der Waals surface area contributed by atoms with Gasteiger partial charge in [-0.3, -0.25) is 0 Å². The lowest BCUT2D eigenvalue weighted by molar-refractivity contribution is 0.419. The van der Waals surface area contributed by atoms with Crippen LogP contribution < -0.4 is 14.9 Å². The molecule has 0 radical (unpaired) electrons. The summed E-state index contributed by atoms with van der Waals surface area (Å²) in [4.78, 5) is 0. The van der Waals surface area contributed by atoms with Crippen molar-refractivity contribution in [3.63, 3.8) is 0 Å². The molecule has 0 heterocycles. The molecule has 4 nitrogen and oxygen atoms in total. The van der Waals surface area contributed by atoms with E-state index in [1.54, 1.807) is 26.4 Å². The van der Waals surface area contributed by atoms with Gasteiger partial charge in [-0.25, -0.2) is 0 Å². The van der Waals surface area contributed by atoms with Crippen molar-refractivity contribution in [3.05, 3.63) is 138 Å². The van der Waals surface area contributed by atoms with Gasteiger partial charge >= 0.3 is 7.12 Å². The zero-order valence-electron chi connectivity index (χ0n) is 31.6. The first-order chi connectivity index (χ1) is 23.7. The van der Waals surface area contributed by atoms with E-state index in [4.69, 9.17) is 33.2 Å². The molecular weight excluding hydrogens is 563 g/mol. The van der Waals surface area contributed by atoms with Gasteiger partial charge in [0.2, 0.25) is 0 Å². The number of ether oxygens (including phenoxy) is 2. The first-order valence-corrected chi connectivity index (χ1v) is 12.7. The Bertz CT molecular complexity index is 2160. The van der Waals surface area contributed by atoms with Gasteiger partial charge in [0.25, 0.3) is 0 Å². The second-order valence-electron chi connectivity index (χ2n) is 8.07. The number of halogens is 1. The van der Waals surface area contributed by atoms with Crippen LogP contribution in [0.1, 0.15) is 13.7 Å². The summed E-state index contributed by atoms with van der Waals surface area (Å²) in [6.45, 7) is 0. The summed E-state index contributed by atoms with van der Waals surface area (Å²) in [5.74, 6) is 1.59. The molecule has 200 valence electrons. The minimum Gasteiger partial charge on any atom is -0.496 e. The van der Waals surface area contributed by atoms with Gasteiger partial charge in [0, 0.05) is 15.2 Å². The summed E-state index contributed by atoms with van der Waals surface area (Å²) in [5.41, 5.74) is 0.296. The highest BCUT2D eigenvalue weighted by Crippen LogP contribution is 2.34. The second-order valence-corrected chi connectivity index (χ2v) is 8.92. The molecule has 0 fully saturated rings. The normalized spacial score (nSPS) is 13.6. The third-order valence-electron chi connectivity index (χ3n) is 5.70. The van der Waals surface area contributed by atoms with Crippen molar-refractivity contribution >= 4 is 50.1 Å². The van der Waals surface area contributed by atoms with Crippen LogP contribution in [-0.2, 0) is 0 Å². The van der Waals surface area contributed by atoms with Gasteiger partial charge in [-0.1, -0.05) is 131 Å². The molecule has 6 rings (SSSR count). The molecule has 0 saturated heterocycles. The molecule has 0 atom stereocenters. The van der Waals surface area contributed by atoms with Crippen molar-refractivity contribution in [2.24, 2.45) is 0 Å². The lowest BCUT2D eigenvalue weighted by Crippen LogP contribution is -2.29. The SMILES string of the molecule is COc1ccc(Br)c2ccccc12.[2H]c1c([2H])c([2H])c(-c2ccc(OC)c3ccccc23)c([2H])c1[2H].[2H]c1c([2H])c([2H])c(B(O)O)c([2H])c1[2H]. The largest absolute Gasteiger partial charge is 0.496 e. The van der Waals surface area contributed by atoms with Gasteiger partial charge in [-0.15, -0.1) is 0 Å². The molecule has 0 aliphatic rings. The Morgan fingerprint density at radius 3 is 1.62 bits per heavy atom. The standard InChI is InChI=1S/C17H14O.C11H9BrO.C6H7BO2/c1-18-17-12-11-14(13-7-3-2-4-8-13)15-9-5-6-10-16(15)17;1-13-11-7-6-10(12)8-4-2-3-5-9(8)11;8-7(9)6-4-2-1-3-5-6/h2-12H,1H3;2-7H,1H3;1-5,8-9H/i2D,3D,4D,7D,8D;;1D,2D,3D,4D,5D. The number of rotatable bonds is 4. The third-order valence-corrected chi connectivity index (χ3v) is 6.39. The van der Waals surface area contributed by atoms with Gasteiger partial charge in [0.05, 0.1) is 27.9 Å². The van der Waals surface area contributed by atoms with Crippen molar-refractivity contribution in [3.8, 4) is 22.6 Å². The van der Waals surface area contributed by atoms with Gasteiger partial charge in [-0.2, -0.15) is 0 Å². The lowest BCUT2D eigenvalue weighted by atomic mass is 9.81. The molecule has 0 aliphatic heterocycles. The zero-order chi connectivity index (χ0) is 37.0. The third kappa shape index (κ3) is 7.10. The quantitative estimate of drug-likeness (QED) is 0.205. The van der Waals surface area contributed by atoms with Crippen molar-refractivity contribution in [1.29, 1.82) is 0 Å². The summed E-state index contributed by atoms with van der Waals surface area (Å²) in [7, 11) is 1.20. The predicted molar refractivity (Wildman–Crippen MR) is 170 cm³/mol. The van der Waals surface area contributed by atoms with Crippen LogP contribution in [0.4, 0.5) is 0 Å². The Balaban J connectivity index is 0.000000179. The fraction of sp³-hybridized carbons (Fsp3) is 0.0588. The number of fused-ring (bicyclic) bond motifs is 2. The fourth-order valence-corrected chi connectivity index (χ4v) is 4.33. The van der Waals surface area contributed by atoms with Crippen molar-refractivity contribution in [2.45, 2.75) is 0 Å². The molecule has 6 aromatic rings. The molecule has 6 aromatic carbocycles. The molecular formula is C34H30BBrO4. The molecule has 40 heavy (non-hydrogen) atoms. The van der Waals surface area contributed by atoms with E-state index < -0.39 is 42.8 Å². The van der Waals surface area contributed by atoms with Gasteiger partial charge in [-0.05, 0) is 45.6 Å². The summed E-state index contributed by atoms with van der Waals surface area (Å²) in [5, 5.41) is 21.6. The van der Waals surface area contributed by atoms with E-state index in [2.05, 4.69) is 28.1 Å². The highest BCUT2D eigenvalue weighted by molar-refractivity contribution is 9.10. The van der Waals surface area contributed by atoms with E-state index in [0.29, 0.717) is 11.3 Å². The van der Waals surface area contributed by atoms with E-state index in [-0.39, 0.29) is 35.8 Å². The predicted octanol–water partition coefficient (Wildman–Crippen LogP) is 7.49. The van der Waals surface area contributed by atoms with E-state index in [1.807, 2.05) is 48.5 Å². The molecule has 0 unspecified atom stereocenters. The highest BCUT2D eigenvalue weighted by Gasteiger charge is 2.08. The summed E-state index contributed by atoms with van der Waals surface area (Å²) in [6.07, 6.45) is 0. The average Bonchev–Trinajstić information content (AvgIpc) is 3.12. The van der Waals surface area contributed by atoms with E-state index in [9.17, 15) is 0 Å². The van der Waals surface area contributed by atoms with E-state index >= 15 is 0 Å². The number of hydrogen-bond donors (Lipinski definition) is 2. The smallest absolute Gasteiger partial charge is 0.488 e. The maximum absolute atomic E-state index is 8.81. The monoisotopic (exact) mass is 602 g/mol. The Labute approximate surface area is 257 Å². The van der Waals surface area contributed by atoms with Crippen LogP contribution in [0, 0.1) is 0 Å². The van der Waals surface area contributed by atoms with E-state index in [1.165, 1.54) is 5.39 Å². The van der Waals surface area contributed by atoms with E-state index in [0.717, 1.165) is 26.4 Å². The summed E-state index contributed by atoms with van der Waals surface area (Å²) in [6, 6.07) is 18.7. The summed E-state index contributed by atoms with van der Waals surface area (Å²) < 4.78 is 87.5. The Morgan fingerprint density at radius 1 is 0.600 bits per heavy atom. The van der Waals surface area contributed by atoms with Gasteiger partial charge in [0.15, 0.2) is 0 Å². The minimum absolute atomic E-state index is 0.202. The van der Waals surface area contributed by atoms with Crippen LogP contribution in [0.3, 0.4) is 0 Å². The minimum atomic E-state index is -2.07. The lowest BCUT2D eigenvalue weighted by Gasteiger charge is -2.10. The Kier molecular flexibility index (Phi) is 6.56. The molecule has 0 amide bonds. The Hall–Kier alpha value is -4.10. The van der Waals surface area contributed by atoms with Crippen LogP contribution in [0.2, 0.25) is 0 Å². The van der Waals surface area contributed by atoms with Crippen molar-refractivity contribution < 1.29 is 33.2 Å². The number of benzene rings is 6. The van der Waals surface area contributed by atoms with Crippen molar-refractivity contribution in [1.82, 2.24) is 0 Å². The topological polar surface area (TPSA) is 58.9 Å². The zero-order valence-corrected chi connectivity index (χ0v) is 23.2. The van der Waals surface area contributed by atoms with Crippen LogP contribution in [-0.4, -0.2) is 31.4 Å². The van der Waals surface area contributed by atoms with Gasteiger partial charge < -0.3 is 19.5 Å². The highest BCUT2D eigenvalue weighted by atomic mass is 79.9. The van der Waals surface area contributed by atoms with Crippen LogP contribution in [0.5, 0.6) is 11.5 Å². The first kappa shape index (κ1) is 18.3. The number of methoxy groups -OCH3 is 2. The first-order valence-electron chi connectivity index (χ1n) is 16.9. The molecule has 6 heteroatoms. The summed E-state index contributed by atoms with van der Waals surface area (Å²) >= 11 is 3.50. The van der Waals surface area contributed by atoms with Gasteiger partial charge in [0.1, 0.15) is 11.5 Å².